The van der Waals surface area contributed by atoms with Gasteiger partial charge in [-0.2, -0.15) is 0 Å². The van der Waals surface area contributed by atoms with Crippen molar-refractivity contribution >= 4 is 23.9 Å². The van der Waals surface area contributed by atoms with E-state index >= 15 is 0 Å². The van der Waals surface area contributed by atoms with E-state index in [9.17, 15) is 14.4 Å². The van der Waals surface area contributed by atoms with Crippen LogP contribution in [0, 0.1) is 0 Å². The number of likely N-dealkylation sites (N-methyl/N-ethyl adjacent to an activating group) is 1. The Balaban J connectivity index is 2.44. The number of nitrogens with zero attached hydrogens (tertiary/aromatic N) is 2. The number of amides is 4. The second-order valence-electron chi connectivity index (χ2n) is 5.28. The summed E-state index contributed by atoms with van der Waals surface area (Å²) in [5, 5.41) is 0. The molecule has 128 valence electrons. The standard InChI is InChI=1S/C17H20N2O5/c1-5-8-19-16(21)12(15(20)18(2)17(19)22)9-11-6-7-13(23-3)14(10-11)24-4/h6-7,9-10H,5,8H2,1-4H3/b12-9-. The van der Waals surface area contributed by atoms with Crippen molar-refractivity contribution in [3.8, 4) is 11.5 Å². The van der Waals surface area contributed by atoms with Gasteiger partial charge in [0.1, 0.15) is 5.57 Å². The zero-order valence-corrected chi connectivity index (χ0v) is 14.2. The molecule has 0 atom stereocenters. The van der Waals surface area contributed by atoms with Crippen LogP contribution in [0.4, 0.5) is 4.79 Å². The van der Waals surface area contributed by atoms with E-state index in [1.165, 1.54) is 27.3 Å². The molecule has 1 fully saturated rings. The SMILES string of the molecule is CCCN1C(=O)/C(=C\c2ccc(OC)c(OC)c2)C(=O)N(C)C1=O. The van der Waals surface area contributed by atoms with E-state index in [0.717, 1.165) is 9.80 Å². The van der Waals surface area contributed by atoms with Crippen LogP contribution in [-0.2, 0) is 9.59 Å². The van der Waals surface area contributed by atoms with E-state index in [4.69, 9.17) is 9.47 Å². The molecule has 1 aliphatic heterocycles. The lowest BCUT2D eigenvalue weighted by Crippen LogP contribution is -2.54. The second-order valence-corrected chi connectivity index (χ2v) is 5.28. The Hall–Kier alpha value is -2.83. The highest BCUT2D eigenvalue weighted by Gasteiger charge is 2.39. The van der Waals surface area contributed by atoms with Crippen molar-refractivity contribution in [3.05, 3.63) is 29.3 Å². The highest BCUT2D eigenvalue weighted by molar-refractivity contribution is 6.30. The fourth-order valence-corrected chi connectivity index (χ4v) is 2.43. The Bertz CT molecular complexity index is 711. The fourth-order valence-electron chi connectivity index (χ4n) is 2.43. The number of carbonyl (C=O) groups excluding carboxylic acids is 3. The van der Waals surface area contributed by atoms with Crippen LogP contribution in [0.2, 0.25) is 0 Å². The molecule has 0 aromatic heterocycles. The topological polar surface area (TPSA) is 76.2 Å². The summed E-state index contributed by atoms with van der Waals surface area (Å²) in [7, 11) is 4.39. The lowest BCUT2D eigenvalue weighted by atomic mass is 10.1. The van der Waals surface area contributed by atoms with Crippen LogP contribution >= 0.6 is 0 Å². The van der Waals surface area contributed by atoms with E-state index in [2.05, 4.69) is 0 Å². The Morgan fingerprint density at radius 1 is 1.04 bits per heavy atom. The first-order chi connectivity index (χ1) is 11.4. The van der Waals surface area contributed by atoms with Crippen molar-refractivity contribution in [2.24, 2.45) is 0 Å². The van der Waals surface area contributed by atoms with Crippen molar-refractivity contribution in [1.82, 2.24) is 9.80 Å². The van der Waals surface area contributed by atoms with Crippen LogP contribution in [0.1, 0.15) is 18.9 Å². The molecule has 1 heterocycles. The van der Waals surface area contributed by atoms with Crippen molar-refractivity contribution in [1.29, 1.82) is 0 Å². The number of carbonyl (C=O) groups is 3. The second kappa shape index (κ2) is 7.16. The average molecular weight is 332 g/mol. The number of imide groups is 2. The maximum Gasteiger partial charge on any atom is 0.333 e. The van der Waals surface area contributed by atoms with Crippen molar-refractivity contribution in [2.75, 3.05) is 27.8 Å². The van der Waals surface area contributed by atoms with Gasteiger partial charge in [-0.05, 0) is 30.2 Å². The Labute approximate surface area is 140 Å². The van der Waals surface area contributed by atoms with Crippen LogP contribution in [0.5, 0.6) is 11.5 Å². The van der Waals surface area contributed by atoms with E-state index < -0.39 is 17.8 Å². The Kier molecular flexibility index (Phi) is 5.23. The minimum Gasteiger partial charge on any atom is -0.493 e. The minimum atomic E-state index is -0.618. The molecule has 0 radical (unpaired) electrons. The van der Waals surface area contributed by atoms with Crippen molar-refractivity contribution in [2.45, 2.75) is 13.3 Å². The quantitative estimate of drug-likeness (QED) is 0.608. The van der Waals surface area contributed by atoms with E-state index in [-0.39, 0.29) is 12.1 Å². The number of ether oxygens (including phenoxy) is 2. The molecular formula is C17H20N2O5. The van der Waals surface area contributed by atoms with Crippen molar-refractivity contribution < 1.29 is 23.9 Å². The predicted octanol–water partition coefficient (Wildman–Crippen LogP) is 1.92. The summed E-state index contributed by atoms with van der Waals surface area (Å²) in [6.07, 6.45) is 2.07. The molecule has 0 aliphatic carbocycles. The van der Waals surface area contributed by atoms with Gasteiger partial charge in [-0.1, -0.05) is 13.0 Å². The number of methoxy groups -OCH3 is 2. The van der Waals surface area contributed by atoms with E-state index in [0.29, 0.717) is 23.5 Å². The van der Waals surface area contributed by atoms with Crippen molar-refractivity contribution in [3.63, 3.8) is 0 Å². The fraction of sp³-hybridized carbons (Fsp3) is 0.353. The summed E-state index contributed by atoms with van der Waals surface area (Å²) in [6, 6.07) is 4.45. The number of rotatable bonds is 5. The molecule has 1 saturated heterocycles. The number of hydrogen-bond donors (Lipinski definition) is 0. The van der Waals surface area contributed by atoms with Gasteiger partial charge >= 0.3 is 6.03 Å². The molecule has 4 amide bonds. The normalized spacial score (nSPS) is 16.8. The zero-order valence-electron chi connectivity index (χ0n) is 14.2. The maximum atomic E-state index is 12.5. The smallest absolute Gasteiger partial charge is 0.333 e. The summed E-state index contributed by atoms with van der Waals surface area (Å²) in [5.74, 6) is -0.176. The number of hydrogen-bond acceptors (Lipinski definition) is 5. The summed E-state index contributed by atoms with van der Waals surface area (Å²) in [6.45, 7) is 2.12. The third-order valence-electron chi connectivity index (χ3n) is 3.69. The molecule has 0 saturated carbocycles. The largest absolute Gasteiger partial charge is 0.493 e. The van der Waals surface area contributed by atoms with Gasteiger partial charge in [0, 0.05) is 13.6 Å². The Morgan fingerprint density at radius 2 is 1.71 bits per heavy atom. The molecular weight excluding hydrogens is 312 g/mol. The lowest BCUT2D eigenvalue weighted by molar-refractivity contribution is -0.135. The van der Waals surface area contributed by atoms with Gasteiger partial charge in [0.25, 0.3) is 11.8 Å². The summed E-state index contributed by atoms with van der Waals surface area (Å²) in [5.41, 5.74) is 0.543. The van der Waals surface area contributed by atoms with E-state index in [1.54, 1.807) is 18.2 Å². The first kappa shape index (κ1) is 17.5. The van der Waals surface area contributed by atoms with Crippen LogP contribution in [-0.4, -0.2) is 55.5 Å². The molecule has 1 aromatic carbocycles. The van der Waals surface area contributed by atoms with Gasteiger partial charge in [0.2, 0.25) is 0 Å². The van der Waals surface area contributed by atoms with E-state index in [1.807, 2.05) is 6.92 Å². The Morgan fingerprint density at radius 3 is 2.29 bits per heavy atom. The third-order valence-corrected chi connectivity index (χ3v) is 3.69. The predicted molar refractivity (Wildman–Crippen MR) is 87.7 cm³/mol. The van der Waals surface area contributed by atoms with Gasteiger partial charge in [0.15, 0.2) is 11.5 Å². The van der Waals surface area contributed by atoms with Gasteiger partial charge in [-0.15, -0.1) is 0 Å². The van der Waals surface area contributed by atoms with Crippen LogP contribution in [0.15, 0.2) is 23.8 Å². The molecule has 0 unspecified atom stereocenters. The summed E-state index contributed by atoms with van der Waals surface area (Å²) in [4.78, 5) is 38.9. The molecule has 24 heavy (non-hydrogen) atoms. The number of urea groups is 1. The molecule has 1 aromatic rings. The molecule has 7 heteroatoms. The number of barbiturate groups is 1. The van der Waals surface area contributed by atoms with Gasteiger partial charge in [-0.25, -0.2) is 4.79 Å². The van der Waals surface area contributed by atoms with Crippen LogP contribution < -0.4 is 9.47 Å². The highest BCUT2D eigenvalue weighted by Crippen LogP contribution is 2.29. The van der Waals surface area contributed by atoms with Gasteiger partial charge in [-0.3, -0.25) is 19.4 Å². The summed E-state index contributed by atoms with van der Waals surface area (Å²) < 4.78 is 10.4. The molecule has 2 rings (SSSR count). The molecule has 0 bridgehead atoms. The zero-order chi connectivity index (χ0) is 17.9. The van der Waals surface area contributed by atoms with Crippen LogP contribution in [0.25, 0.3) is 6.08 Å². The van der Waals surface area contributed by atoms with Gasteiger partial charge < -0.3 is 9.47 Å². The highest BCUT2D eigenvalue weighted by atomic mass is 16.5. The first-order valence-electron chi connectivity index (χ1n) is 7.52. The van der Waals surface area contributed by atoms with Gasteiger partial charge in [0.05, 0.1) is 14.2 Å². The maximum absolute atomic E-state index is 12.5. The minimum absolute atomic E-state index is 0.0576. The summed E-state index contributed by atoms with van der Waals surface area (Å²) >= 11 is 0. The third kappa shape index (κ3) is 3.10. The lowest BCUT2D eigenvalue weighted by Gasteiger charge is -2.31. The average Bonchev–Trinajstić information content (AvgIpc) is 2.60. The van der Waals surface area contributed by atoms with Crippen LogP contribution in [0.3, 0.4) is 0 Å². The molecule has 7 nitrogen and oxygen atoms in total. The number of benzene rings is 1. The molecule has 0 N–H and O–H groups in total. The first-order valence-corrected chi connectivity index (χ1v) is 7.52. The molecule has 1 aliphatic rings. The monoisotopic (exact) mass is 332 g/mol. The molecule has 0 spiro atoms.